The normalized spacial score (nSPS) is 41.1. The molecule has 1 fully saturated rings. The second kappa shape index (κ2) is 2.23. The van der Waals surface area contributed by atoms with Crippen LogP contribution < -0.4 is 0 Å². The highest BCUT2D eigenvalue weighted by Crippen LogP contribution is 2.25. The Balaban J connectivity index is 2.63. The molecule has 1 aliphatic rings. The molecule has 0 bridgehead atoms. The molecule has 0 aromatic rings. The van der Waals surface area contributed by atoms with Gasteiger partial charge in [-0.2, -0.15) is 0 Å². The van der Waals surface area contributed by atoms with E-state index >= 15 is 0 Å². The molecular weight excluding hydrogens is 132 g/mol. The minimum Gasteiger partial charge on any atom is -0.465 e. The molecule has 10 heavy (non-hydrogen) atoms. The Bertz CT molecular complexity index is 151. The molecule has 1 aliphatic heterocycles. The number of rotatable bonds is 0. The molecule has 0 spiro atoms. The largest absolute Gasteiger partial charge is 0.465 e. The van der Waals surface area contributed by atoms with Gasteiger partial charge in [-0.15, -0.1) is 0 Å². The van der Waals surface area contributed by atoms with Gasteiger partial charge in [0.2, 0.25) is 0 Å². The van der Waals surface area contributed by atoms with Crippen molar-refractivity contribution in [3.05, 3.63) is 0 Å². The second-order valence-electron chi connectivity index (χ2n) is 3.12. The van der Waals surface area contributed by atoms with Gasteiger partial charge >= 0.3 is 5.97 Å². The van der Waals surface area contributed by atoms with Crippen LogP contribution in [0.15, 0.2) is 0 Å². The van der Waals surface area contributed by atoms with Crippen molar-refractivity contribution in [1.82, 2.24) is 0 Å². The van der Waals surface area contributed by atoms with E-state index in [4.69, 9.17) is 4.74 Å². The first-order valence-electron chi connectivity index (χ1n) is 3.40. The summed E-state index contributed by atoms with van der Waals surface area (Å²) in [5.74, 6) is -0.256. The highest BCUT2D eigenvalue weighted by Gasteiger charge is 2.36. The first-order chi connectivity index (χ1) is 4.52. The Morgan fingerprint density at radius 2 is 2.40 bits per heavy atom. The second-order valence-corrected chi connectivity index (χ2v) is 3.12. The molecule has 0 amide bonds. The molecule has 3 nitrogen and oxygen atoms in total. The summed E-state index contributed by atoms with van der Waals surface area (Å²) in [4.78, 5) is 10.6. The quantitative estimate of drug-likeness (QED) is 0.498. The Kier molecular flexibility index (Phi) is 1.68. The lowest BCUT2D eigenvalue weighted by Crippen LogP contribution is -2.43. The van der Waals surface area contributed by atoms with Gasteiger partial charge < -0.3 is 9.84 Å². The number of hydrogen-bond acceptors (Lipinski definition) is 3. The van der Waals surface area contributed by atoms with Gasteiger partial charge in [0.25, 0.3) is 0 Å². The van der Waals surface area contributed by atoms with Gasteiger partial charge in [-0.1, -0.05) is 6.92 Å². The first kappa shape index (κ1) is 7.54. The zero-order valence-corrected chi connectivity index (χ0v) is 6.26. The van der Waals surface area contributed by atoms with Gasteiger partial charge in [-0.05, 0) is 6.92 Å². The van der Waals surface area contributed by atoms with Gasteiger partial charge in [0.15, 0.2) is 0 Å². The average molecular weight is 144 g/mol. The summed E-state index contributed by atoms with van der Waals surface area (Å²) in [6.45, 7) is 3.87. The summed E-state index contributed by atoms with van der Waals surface area (Å²) in [7, 11) is 0. The summed E-state index contributed by atoms with van der Waals surface area (Å²) in [6, 6.07) is 0. The molecule has 0 saturated carbocycles. The number of hydrogen-bond donors (Lipinski definition) is 1. The van der Waals surface area contributed by atoms with Crippen molar-refractivity contribution in [3.8, 4) is 0 Å². The van der Waals surface area contributed by atoms with Crippen LogP contribution in [0.2, 0.25) is 0 Å². The van der Waals surface area contributed by atoms with Crippen molar-refractivity contribution in [2.75, 3.05) is 6.61 Å². The molecule has 0 aromatic carbocycles. The maximum Gasteiger partial charge on any atom is 0.308 e. The fourth-order valence-electron chi connectivity index (χ4n) is 0.915. The number of carbonyl (C=O) groups excluding carboxylic acids is 1. The molecule has 1 saturated heterocycles. The van der Waals surface area contributed by atoms with Crippen molar-refractivity contribution in [1.29, 1.82) is 0 Å². The number of esters is 1. The fraction of sp³-hybridized carbons (Fsp3) is 0.857. The van der Waals surface area contributed by atoms with Gasteiger partial charge in [0.05, 0.1) is 18.6 Å². The van der Waals surface area contributed by atoms with Crippen LogP contribution in [0.1, 0.15) is 20.3 Å². The highest BCUT2D eigenvalue weighted by atomic mass is 16.5. The maximum absolute atomic E-state index is 10.6. The van der Waals surface area contributed by atoms with E-state index in [0.29, 0.717) is 6.61 Å². The summed E-state index contributed by atoms with van der Waals surface area (Å²) in [6.07, 6.45) is 0.119. The molecule has 2 unspecified atom stereocenters. The smallest absolute Gasteiger partial charge is 0.308 e. The van der Waals surface area contributed by atoms with Crippen LogP contribution in [-0.2, 0) is 9.53 Å². The van der Waals surface area contributed by atoms with Crippen molar-refractivity contribution in [2.24, 2.45) is 5.92 Å². The van der Waals surface area contributed by atoms with Crippen LogP contribution in [0.3, 0.4) is 0 Å². The summed E-state index contributed by atoms with van der Waals surface area (Å²) < 4.78 is 4.73. The SMILES string of the molecule is CC1COC(=O)CC1(C)O. The van der Waals surface area contributed by atoms with Crippen LogP contribution in [0.5, 0.6) is 0 Å². The van der Waals surface area contributed by atoms with E-state index in [1.165, 1.54) is 0 Å². The molecular formula is C7H12O3. The molecule has 1 heterocycles. The molecule has 58 valence electrons. The van der Waals surface area contributed by atoms with E-state index in [-0.39, 0.29) is 18.3 Å². The van der Waals surface area contributed by atoms with Crippen molar-refractivity contribution < 1.29 is 14.6 Å². The van der Waals surface area contributed by atoms with Crippen LogP contribution >= 0.6 is 0 Å². The van der Waals surface area contributed by atoms with E-state index in [1.807, 2.05) is 6.92 Å². The highest BCUT2D eigenvalue weighted by molar-refractivity contribution is 5.71. The predicted molar refractivity (Wildman–Crippen MR) is 35.4 cm³/mol. The standard InChI is InChI=1S/C7H12O3/c1-5-4-10-6(8)3-7(5,2)9/h5,9H,3-4H2,1-2H3. The van der Waals surface area contributed by atoms with Crippen LogP contribution in [0.25, 0.3) is 0 Å². The predicted octanol–water partition coefficient (Wildman–Crippen LogP) is 0.320. The van der Waals surface area contributed by atoms with E-state index in [0.717, 1.165) is 0 Å². The summed E-state index contributed by atoms with van der Waals surface area (Å²) >= 11 is 0. The zero-order chi connectivity index (χ0) is 7.78. The topological polar surface area (TPSA) is 46.5 Å². The molecule has 1 rings (SSSR count). The molecule has 2 atom stereocenters. The van der Waals surface area contributed by atoms with Crippen LogP contribution in [0, 0.1) is 5.92 Å². The average Bonchev–Trinajstić information content (AvgIpc) is 1.78. The van der Waals surface area contributed by atoms with Crippen molar-refractivity contribution in [2.45, 2.75) is 25.9 Å². The monoisotopic (exact) mass is 144 g/mol. The van der Waals surface area contributed by atoms with Crippen molar-refractivity contribution in [3.63, 3.8) is 0 Å². The minimum absolute atomic E-state index is 0.0465. The number of ether oxygens (including phenoxy) is 1. The lowest BCUT2D eigenvalue weighted by atomic mass is 9.87. The summed E-state index contributed by atoms with van der Waals surface area (Å²) in [5.41, 5.74) is -0.866. The van der Waals surface area contributed by atoms with Crippen molar-refractivity contribution >= 4 is 5.97 Å². The maximum atomic E-state index is 10.6. The Labute approximate surface area is 60.0 Å². The third-order valence-electron chi connectivity index (χ3n) is 2.06. The van der Waals surface area contributed by atoms with E-state index in [9.17, 15) is 9.90 Å². The molecule has 0 radical (unpaired) electrons. The van der Waals surface area contributed by atoms with E-state index in [2.05, 4.69) is 0 Å². The molecule has 0 aliphatic carbocycles. The number of aliphatic hydroxyl groups is 1. The molecule has 1 N–H and O–H groups in total. The lowest BCUT2D eigenvalue weighted by molar-refractivity contribution is -0.165. The van der Waals surface area contributed by atoms with E-state index < -0.39 is 5.60 Å². The lowest BCUT2D eigenvalue weighted by Gasteiger charge is -2.33. The third-order valence-corrected chi connectivity index (χ3v) is 2.06. The number of carbonyl (C=O) groups is 1. The van der Waals surface area contributed by atoms with Gasteiger partial charge in [0, 0.05) is 5.92 Å². The van der Waals surface area contributed by atoms with E-state index in [1.54, 1.807) is 6.92 Å². The Morgan fingerprint density at radius 3 is 2.80 bits per heavy atom. The molecule has 0 aromatic heterocycles. The molecule has 3 heteroatoms. The summed E-state index contributed by atoms with van der Waals surface area (Å²) in [5, 5.41) is 9.51. The van der Waals surface area contributed by atoms with Crippen LogP contribution in [-0.4, -0.2) is 23.3 Å². The third kappa shape index (κ3) is 1.29. The zero-order valence-electron chi connectivity index (χ0n) is 6.26. The minimum atomic E-state index is -0.866. The Morgan fingerprint density at radius 1 is 1.80 bits per heavy atom. The van der Waals surface area contributed by atoms with Gasteiger partial charge in [-0.3, -0.25) is 4.79 Å². The number of cyclic esters (lactones) is 1. The first-order valence-corrected chi connectivity index (χ1v) is 3.40. The van der Waals surface area contributed by atoms with Gasteiger partial charge in [-0.25, -0.2) is 0 Å². The van der Waals surface area contributed by atoms with Crippen LogP contribution in [0.4, 0.5) is 0 Å². The Hall–Kier alpha value is -0.570. The van der Waals surface area contributed by atoms with Gasteiger partial charge in [0.1, 0.15) is 0 Å². The fourth-order valence-corrected chi connectivity index (χ4v) is 0.915.